The standard InChI is InChI=1S/C12H13F4N2O3/c1-11(2,3)21-10(20)17-6-4-8(5-7-17)18(9(13)19)12(14,15)16/h4-7H,1-3H3/q+1. The summed E-state index contributed by atoms with van der Waals surface area (Å²) in [5, 5.41) is 0. The van der Waals surface area contributed by atoms with Crippen LogP contribution in [0, 0.1) is 0 Å². The Balaban J connectivity index is 3.02. The SMILES string of the molecule is CC(C)(C)OC(=O)[n+]1ccc(N(C(=O)F)C(F)(F)F)cc1. The number of ether oxygens (including phenoxy) is 1. The Kier molecular flexibility index (Phi) is 4.55. The summed E-state index contributed by atoms with van der Waals surface area (Å²) in [5.74, 6) is 0. The van der Waals surface area contributed by atoms with Gasteiger partial charge in [-0.1, -0.05) is 4.57 Å². The van der Waals surface area contributed by atoms with Gasteiger partial charge in [0.1, 0.15) is 5.60 Å². The van der Waals surface area contributed by atoms with E-state index in [1.165, 1.54) is 0 Å². The smallest absolute Gasteiger partial charge is 0.406 e. The van der Waals surface area contributed by atoms with Crippen LogP contribution in [0.5, 0.6) is 0 Å². The maximum absolute atomic E-state index is 12.5. The molecule has 0 spiro atoms. The quantitative estimate of drug-likeness (QED) is 0.346. The molecule has 0 saturated carbocycles. The summed E-state index contributed by atoms with van der Waals surface area (Å²) in [6.45, 7) is 4.85. The average molecular weight is 309 g/mol. The molecule has 1 aromatic rings. The number of alkyl halides is 3. The molecule has 0 saturated heterocycles. The Labute approximate surface area is 117 Å². The van der Waals surface area contributed by atoms with Crippen molar-refractivity contribution in [3.8, 4) is 0 Å². The highest BCUT2D eigenvalue weighted by Crippen LogP contribution is 2.28. The van der Waals surface area contributed by atoms with E-state index in [0.717, 1.165) is 29.1 Å². The molecule has 0 radical (unpaired) electrons. The zero-order valence-corrected chi connectivity index (χ0v) is 11.4. The first-order chi connectivity index (χ1) is 9.42. The molecule has 9 heteroatoms. The van der Waals surface area contributed by atoms with Crippen LogP contribution in [0.4, 0.5) is 32.8 Å². The first kappa shape index (κ1) is 16.9. The topological polar surface area (TPSA) is 50.5 Å². The minimum Gasteiger partial charge on any atom is -0.406 e. The Hall–Kier alpha value is -2.19. The van der Waals surface area contributed by atoms with Gasteiger partial charge >= 0.3 is 18.6 Å². The lowest BCUT2D eigenvalue weighted by Gasteiger charge is -2.20. The number of hydrogen-bond donors (Lipinski definition) is 0. The van der Waals surface area contributed by atoms with Crippen LogP contribution in [0.3, 0.4) is 0 Å². The molecule has 5 nitrogen and oxygen atoms in total. The van der Waals surface area contributed by atoms with E-state index in [4.69, 9.17) is 4.74 Å². The molecule has 0 aliphatic carbocycles. The lowest BCUT2D eigenvalue weighted by molar-refractivity contribution is -0.588. The largest absolute Gasteiger partial charge is 0.602 e. The number of nitrogens with zero attached hydrogens (tertiary/aromatic N) is 2. The molecule has 0 aliphatic heterocycles. The second-order valence-corrected chi connectivity index (χ2v) is 5.00. The van der Waals surface area contributed by atoms with Crippen molar-refractivity contribution < 1.29 is 36.5 Å². The molecular weight excluding hydrogens is 296 g/mol. The van der Waals surface area contributed by atoms with Crippen molar-refractivity contribution in [1.82, 2.24) is 0 Å². The normalized spacial score (nSPS) is 12.0. The molecule has 0 unspecified atom stereocenters. The molecule has 21 heavy (non-hydrogen) atoms. The van der Waals surface area contributed by atoms with Crippen LogP contribution in [0.2, 0.25) is 0 Å². The van der Waals surface area contributed by atoms with Crippen LogP contribution in [0.15, 0.2) is 24.5 Å². The first-order valence-corrected chi connectivity index (χ1v) is 5.73. The van der Waals surface area contributed by atoms with Crippen molar-refractivity contribution in [1.29, 1.82) is 0 Å². The van der Waals surface area contributed by atoms with Crippen molar-refractivity contribution in [3.05, 3.63) is 24.5 Å². The molecule has 1 rings (SSSR count). The van der Waals surface area contributed by atoms with Crippen LogP contribution in [-0.2, 0) is 4.74 Å². The number of halogens is 4. The molecule has 1 heterocycles. The van der Waals surface area contributed by atoms with E-state index in [9.17, 15) is 27.2 Å². The van der Waals surface area contributed by atoms with E-state index < -0.39 is 34.7 Å². The predicted molar refractivity (Wildman–Crippen MR) is 63.3 cm³/mol. The number of carbonyl (C=O) groups is 2. The third kappa shape index (κ3) is 4.69. The molecule has 116 valence electrons. The van der Waals surface area contributed by atoms with E-state index in [0.29, 0.717) is 0 Å². The lowest BCUT2D eigenvalue weighted by atomic mass is 10.2. The summed E-state index contributed by atoms with van der Waals surface area (Å²) in [4.78, 5) is 21.1. The summed E-state index contributed by atoms with van der Waals surface area (Å²) < 4.78 is 55.9. The fourth-order valence-corrected chi connectivity index (χ4v) is 1.35. The van der Waals surface area contributed by atoms with Crippen LogP contribution >= 0.6 is 0 Å². The number of aromatic nitrogens is 1. The van der Waals surface area contributed by atoms with Crippen LogP contribution in [0.1, 0.15) is 20.8 Å². The van der Waals surface area contributed by atoms with Gasteiger partial charge in [0.05, 0.1) is 5.69 Å². The van der Waals surface area contributed by atoms with Crippen LogP contribution in [-0.4, -0.2) is 24.2 Å². The zero-order valence-electron chi connectivity index (χ0n) is 11.4. The fraction of sp³-hybridized carbons (Fsp3) is 0.417. The molecule has 0 N–H and O–H groups in total. The first-order valence-electron chi connectivity index (χ1n) is 5.73. The van der Waals surface area contributed by atoms with Crippen molar-refractivity contribution >= 4 is 17.9 Å². The number of pyridine rings is 1. The summed E-state index contributed by atoms with van der Waals surface area (Å²) in [5.41, 5.74) is -1.54. The summed E-state index contributed by atoms with van der Waals surface area (Å²) in [7, 11) is 0. The molecule has 0 atom stereocenters. The maximum Gasteiger partial charge on any atom is 0.602 e. The summed E-state index contributed by atoms with van der Waals surface area (Å²) in [6, 6.07) is 1.55. The van der Waals surface area contributed by atoms with Gasteiger partial charge in [0.2, 0.25) is 0 Å². The Morgan fingerprint density at radius 1 is 1.14 bits per heavy atom. The predicted octanol–water partition coefficient (Wildman–Crippen LogP) is 3.17. The van der Waals surface area contributed by atoms with Gasteiger partial charge in [0.25, 0.3) is 0 Å². The molecule has 0 bridgehead atoms. The van der Waals surface area contributed by atoms with Gasteiger partial charge in [0, 0.05) is 12.1 Å². The van der Waals surface area contributed by atoms with Crippen LogP contribution in [0.25, 0.3) is 0 Å². The number of rotatable bonds is 1. The van der Waals surface area contributed by atoms with E-state index in [2.05, 4.69) is 0 Å². The van der Waals surface area contributed by atoms with Gasteiger partial charge in [-0.2, -0.15) is 9.69 Å². The van der Waals surface area contributed by atoms with Crippen molar-refractivity contribution in [3.63, 3.8) is 0 Å². The van der Waals surface area contributed by atoms with Crippen molar-refractivity contribution in [2.75, 3.05) is 4.90 Å². The number of hydrogen-bond acceptors (Lipinski definition) is 3. The van der Waals surface area contributed by atoms with Gasteiger partial charge in [-0.25, -0.2) is 4.79 Å². The maximum atomic E-state index is 12.5. The van der Waals surface area contributed by atoms with Crippen molar-refractivity contribution in [2.24, 2.45) is 0 Å². The number of amides is 1. The fourth-order valence-electron chi connectivity index (χ4n) is 1.35. The molecule has 0 fully saturated rings. The van der Waals surface area contributed by atoms with Gasteiger partial charge < -0.3 is 4.74 Å². The van der Waals surface area contributed by atoms with E-state index >= 15 is 0 Å². The Bertz CT molecular complexity index is 535. The summed E-state index contributed by atoms with van der Waals surface area (Å²) >= 11 is 0. The Morgan fingerprint density at radius 2 is 1.62 bits per heavy atom. The van der Waals surface area contributed by atoms with E-state index in [1.54, 1.807) is 20.8 Å². The minimum absolute atomic E-state index is 0.755. The van der Waals surface area contributed by atoms with E-state index in [1.807, 2.05) is 0 Å². The average Bonchev–Trinajstić information content (AvgIpc) is 2.24. The van der Waals surface area contributed by atoms with Crippen LogP contribution < -0.4 is 9.47 Å². The third-order valence-electron chi connectivity index (χ3n) is 2.10. The monoisotopic (exact) mass is 309 g/mol. The lowest BCUT2D eigenvalue weighted by Crippen LogP contribution is -2.46. The third-order valence-corrected chi connectivity index (χ3v) is 2.10. The highest BCUT2D eigenvalue weighted by molar-refractivity contribution is 5.87. The molecule has 0 aromatic carbocycles. The second kappa shape index (κ2) is 5.66. The molecular formula is C12H13F4N2O3+. The molecule has 1 aromatic heterocycles. The Morgan fingerprint density at radius 3 is 1.95 bits per heavy atom. The number of carbonyl (C=O) groups excluding carboxylic acids is 2. The molecule has 0 aliphatic rings. The second-order valence-electron chi connectivity index (χ2n) is 5.00. The van der Waals surface area contributed by atoms with Gasteiger partial charge in [-0.05, 0) is 20.8 Å². The molecule has 1 amide bonds. The van der Waals surface area contributed by atoms with Gasteiger partial charge in [0.15, 0.2) is 12.4 Å². The zero-order chi connectivity index (χ0) is 16.4. The highest BCUT2D eigenvalue weighted by Gasteiger charge is 2.43. The van der Waals surface area contributed by atoms with Crippen molar-refractivity contribution in [2.45, 2.75) is 32.7 Å². The van der Waals surface area contributed by atoms with Gasteiger partial charge in [-0.3, -0.25) is 0 Å². The summed E-state index contributed by atoms with van der Waals surface area (Å²) in [6.07, 6.45) is -6.82. The van der Waals surface area contributed by atoms with Gasteiger partial charge in [-0.15, -0.1) is 17.6 Å². The van der Waals surface area contributed by atoms with E-state index in [-0.39, 0.29) is 0 Å². The number of anilines is 1. The minimum atomic E-state index is -5.20. The highest BCUT2D eigenvalue weighted by atomic mass is 19.4.